The molecular formula is C19H28O4. The van der Waals surface area contributed by atoms with Gasteiger partial charge in [0.2, 0.25) is 0 Å². The first kappa shape index (κ1) is 19.2. The van der Waals surface area contributed by atoms with E-state index < -0.39 is 0 Å². The van der Waals surface area contributed by atoms with Crippen molar-refractivity contribution < 1.29 is 19.1 Å². The maximum atomic E-state index is 11.1. The quantitative estimate of drug-likeness (QED) is 0.542. The Hall–Kier alpha value is -1.84. The van der Waals surface area contributed by atoms with Crippen molar-refractivity contribution >= 4 is 11.9 Å². The standard InChI is InChI=1S/C19H28O4/c1-13-7-6-8-18(11-14(2)22-16(4)20)19(10-9-13)12-15(3)23-17(5)21/h7-8,10,14-15H,6,9,11-12H2,1-5H3/b13-7-,18-8-,19-10-. The van der Waals surface area contributed by atoms with Gasteiger partial charge in [0.25, 0.3) is 0 Å². The second-order valence-electron chi connectivity index (χ2n) is 6.20. The third kappa shape index (κ3) is 7.82. The Labute approximate surface area is 139 Å². The van der Waals surface area contributed by atoms with Gasteiger partial charge >= 0.3 is 11.9 Å². The Morgan fingerprint density at radius 2 is 1.43 bits per heavy atom. The molecule has 128 valence electrons. The van der Waals surface area contributed by atoms with Gasteiger partial charge in [0.05, 0.1) is 0 Å². The SMILES string of the molecule is CC(=O)OC(C)CC1=C/C/C=C(/C)C/C=C\1CC(C)OC(C)=O. The Bertz CT molecular complexity index is 525. The minimum atomic E-state index is -0.265. The summed E-state index contributed by atoms with van der Waals surface area (Å²) < 4.78 is 10.5. The molecule has 0 aromatic heterocycles. The highest BCUT2D eigenvalue weighted by molar-refractivity contribution is 5.66. The van der Waals surface area contributed by atoms with Crippen LogP contribution in [0.25, 0.3) is 0 Å². The summed E-state index contributed by atoms with van der Waals surface area (Å²) >= 11 is 0. The van der Waals surface area contributed by atoms with Crippen LogP contribution in [-0.4, -0.2) is 24.1 Å². The van der Waals surface area contributed by atoms with Crippen molar-refractivity contribution in [2.75, 3.05) is 0 Å². The zero-order valence-corrected chi connectivity index (χ0v) is 14.8. The number of rotatable bonds is 6. The minimum absolute atomic E-state index is 0.171. The molecule has 4 nitrogen and oxygen atoms in total. The van der Waals surface area contributed by atoms with E-state index in [9.17, 15) is 9.59 Å². The minimum Gasteiger partial charge on any atom is -0.463 e. The normalized spacial score (nSPS) is 24.5. The van der Waals surface area contributed by atoms with Gasteiger partial charge in [0.1, 0.15) is 12.2 Å². The lowest BCUT2D eigenvalue weighted by atomic mass is 9.91. The van der Waals surface area contributed by atoms with Crippen LogP contribution in [0.5, 0.6) is 0 Å². The van der Waals surface area contributed by atoms with Crippen molar-refractivity contribution in [1.29, 1.82) is 0 Å². The zero-order chi connectivity index (χ0) is 17.4. The van der Waals surface area contributed by atoms with Crippen molar-refractivity contribution in [3.8, 4) is 0 Å². The van der Waals surface area contributed by atoms with E-state index in [2.05, 4.69) is 25.2 Å². The largest absolute Gasteiger partial charge is 0.463 e. The van der Waals surface area contributed by atoms with Crippen LogP contribution in [0.4, 0.5) is 0 Å². The molecule has 0 bridgehead atoms. The number of allylic oxidation sites excluding steroid dienone is 4. The van der Waals surface area contributed by atoms with Crippen LogP contribution >= 0.6 is 0 Å². The van der Waals surface area contributed by atoms with Crippen LogP contribution in [0.2, 0.25) is 0 Å². The van der Waals surface area contributed by atoms with E-state index in [-0.39, 0.29) is 24.1 Å². The fraction of sp³-hybridized carbons (Fsp3) is 0.579. The van der Waals surface area contributed by atoms with Crippen LogP contribution < -0.4 is 0 Å². The lowest BCUT2D eigenvalue weighted by molar-refractivity contribution is -0.146. The molecule has 1 aliphatic carbocycles. The summed E-state index contributed by atoms with van der Waals surface area (Å²) in [4.78, 5) is 22.2. The fourth-order valence-electron chi connectivity index (χ4n) is 2.73. The topological polar surface area (TPSA) is 52.6 Å². The fourth-order valence-corrected chi connectivity index (χ4v) is 2.73. The Kier molecular flexibility index (Phi) is 7.79. The summed E-state index contributed by atoms with van der Waals surface area (Å²) in [6, 6.07) is 0. The maximum absolute atomic E-state index is 11.1. The molecule has 0 spiro atoms. The van der Waals surface area contributed by atoms with Crippen LogP contribution in [0, 0.1) is 0 Å². The van der Waals surface area contributed by atoms with Crippen LogP contribution in [-0.2, 0) is 19.1 Å². The van der Waals surface area contributed by atoms with Crippen molar-refractivity contribution in [3.63, 3.8) is 0 Å². The summed E-state index contributed by atoms with van der Waals surface area (Å²) in [7, 11) is 0. The van der Waals surface area contributed by atoms with E-state index in [0.29, 0.717) is 12.8 Å². The summed E-state index contributed by atoms with van der Waals surface area (Å²) in [5.74, 6) is -0.530. The number of carbonyl (C=O) groups excluding carboxylic acids is 2. The van der Waals surface area contributed by atoms with E-state index in [1.54, 1.807) is 0 Å². The molecule has 0 aromatic rings. The number of esters is 2. The molecule has 4 heteroatoms. The molecule has 1 aliphatic rings. The van der Waals surface area contributed by atoms with Gasteiger partial charge in [-0.2, -0.15) is 0 Å². The average molecular weight is 320 g/mol. The van der Waals surface area contributed by atoms with Crippen LogP contribution in [0.15, 0.2) is 34.9 Å². The summed E-state index contributed by atoms with van der Waals surface area (Å²) in [6.07, 6.45) is 9.34. The monoisotopic (exact) mass is 320 g/mol. The molecule has 0 radical (unpaired) electrons. The average Bonchev–Trinajstić information content (AvgIpc) is 2.39. The van der Waals surface area contributed by atoms with Gasteiger partial charge in [0, 0.05) is 26.7 Å². The lowest BCUT2D eigenvalue weighted by Crippen LogP contribution is -2.17. The molecule has 0 fully saturated rings. The van der Waals surface area contributed by atoms with E-state index in [1.165, 1.54) is 30.6 Å². The molecule has 0 amide bonds. The third-order valence-electron chi connectivity index (χ3n) is 3.66. The van der Waals surface area contributed by atoms with E-state index in [1.807, 2.05) is 13.8 Å². The predicted octanol–water partition coefficient (Wildman–Crippen LogP) is 4.26. The van der Waals surface area contributed by atoms with E-state index in [4.69, 9.17) is 9.47 Å². The molecule has 0 saturated carbocycles. The van der Waals surface area contributed by atoms with Gasteiger partial charge in [-0.3, -0.25) is 9.59 Å². The predicted molar refractivity (Wildman–Crippen MR) is 90.8 cm³/mol. The van der Waals surface area contributed by atoms with Gasteiger partial charge in [0.15, 0.2) is 0 Å². The molecule has 0 heterocycles. The lowest BCUT2D eigenvalue weighted by Gasteiger charge is -2.21. The summed E-state index contributed by atoms with van der Waals surface area (Å²) in [5, 5.41) is 0. The third-order valence-corrected chi connectivity index (χ3v) is 3.66. The highest BCUT2D eigenvalue weighted by Gasteiger charge is 2.16. The zero-order valence-electron chi connectivity index (χ0n) is 14.8. The molecule has 2 atom stereocenters. The molecule has 0 saturated heterocycles. The molecule has 0 N–H and O–H groups in total. The van der Waals surface area contributed by atoms with Gasteiger partial charge in [-0.25, -0.2) is 0 Å². The Balaban J connectivity index is 2.88. The molecule has 2 unspecified atom stereocenters. The molecular weight excluding hydrogens is 292 g/mol. The Morgan fingerprint density at radius 1 is 0.957 bits per heavy atom. The summed E-state index contributed by atoms with van der Waals surface area (Å²) in [5.41, 5.74) is 3.66. The number of carbonyl (C=O) groups is 2. The van der Waals surface area contributed by atoms with E-state index in [0.717, 1.165) is 12.8 Å². The molecule has 23 heavy (non-hydrogen) atoms. The number of ether oxygens (including phenoxy) is 2. The van der Waals surface area contributed by atoms with Crippen molar-refractivity contribution in [2.45, 2.75) is 72.5 Å². The molecule has 0 aliphatic heterocycles. The van der Waals surface area contributed by atoms with Crippen molar-refractivity contribution in [2.24, 2.45) is 0 Å². The van der Waals surface area contributed by atoms with Crippen molar-refractivity contribution in [3.05, 3.63) is 34.9 Å². The first-order valence-corrected chi connectivity index (χ1v) is 8.16. The van der Waals surface area contributed by atoms with Gasteiger partial charge in [-0.05, 0) is 44.8 Å². The molecule has 0 aromatic carbocycles. The second-order valence-corrected chi connectivity index (χ2v) is 6.20. The first-order valence-electron chi connectivity index (χ1n) is 8.16. The highest BCUT2D eigenvalue weighted by atomic mass is 16.5. The first-order chi connectivity index (χ1) is 10.8. The van der Waals surface area contributed by atoms with Crippen LogP contribution in [0.1, 0.15) is 60.3 Å². The maximum Gasteiger partial charge on any atom is 0.302 e. The van der Waals surface area contributed by atoms with Crippen LogP contribution in [0.3, 0.4) is 0 Å². The van der Waals surface area contributed by atoms with Crippen molar-refractivity contribution in [1.82, 2.24) is 0 Å². The summed E-state index contributed by atoms with van der Waals surface area (Å²) in [6.45, 7) is 8.76. The number of hydrogen-bond acceptors (Lipinski definition) is 4. The highest BCUT2D eigenvalue weighted by Crippen LogP contribution is 2.27. The van der Waals surface area contributed by atoms with Gasteiger partial charge in [-0.1, -0.05) is 23.8 Å². The van der Waals surface area contributed by atoms with E-state index >= 15 is 0 Å². The van der Waals surface area contributed by atoms with Gasteiger partial charge in [-0.15, -0.1) is 0 Å². The molecule has 1 rings (SSSR count). The number of hydrogen-bond donors (Lipinski definition) is 0. The second kappa shape index (κ2) is 9.33. The smallest absolute Gasteiger partial charge is 0.302 e. The van der Waals surface area contributed by atoms with Gasteiger partial charge < -0.3 is 9.47 Å². The Morgan fingerprint density at radius 3 is 1.91 bits per heavy atom.